The minimum Gasteiger partial charge on any atom is -0.314 e. The first-order valence-corrected chi connectivity index (χ1v) is 5.92. The van der Waals surface area contributed by atoms with E-state index in [9.17, 15) is 0 Å². The Balaban J connectivity index is 2.39. The van der Waals surface area contributed by atoms with Gasteiger partial charge in [-0.25, -0.2) is 0 Å². The first kappa shape index (κ1) is 12.1. The minimum absolute atomic E-state index is 0.697. The van der Waals surface area contributed by atoms with E-state index in [0.29, 0.717) is 6.42 Å². The highest BCUT2D eigenvalue weighted by molar-refractivity contribution is 7.99. The van der Waals surface area contributed by atoms with Gasteiger partial charge >= 0.3 is 0 Å². The van der Waals surface area contributed by atoms with E-state index < -0.39 is 5.54 Å². The van der Waals surface area contributed by atoms with Crippen molar-refractivity contribution < 1.29 is 0 Å². The second-order valence-electron chi connectivity index (χ2n) is 3.94. The van der Waals surface area contributed by atoms with Gasteiger partial charge in [0.1, 0.15) is 5.54 Å². The second-order valence-corrected chi connectivity index (χ2v) is 5.11. The number of benzene rings is 1. The molecule has 0 aliphatic heterocycles. The predicted octanol–water partition coefficient (Wildman–Crippen LogP) is 2.72. The third kappa shape index (κ3) is 4.37. The summed E-state index contributed by atoms with van der Waals surface area (Å²) in [7, 11) is 0. The zero-order valence-corrected chi connectivity index (χ0v) is 9.97. The maximum atomic E-state index is 8.74. The summed E-state index contributed by atoms with van der Waals surface area (Å²) in [5, 5.41) is 8.74. The smallest absolute Gasteiger partial charge is 0.102 e. The van der Waals surface area contributed by atoms with Gasteiger partial charge in [-0.1, -0.05) is 17.7 Å². The second kappa shape index (κ2) is 5.20. The Morgan fingerprint density at radius 2 is 2.00 bits per heavy atom. The molecule has 1 unspecified atom stereocenters. The van der Waals surface area contributed by atoms with E-state index in [2.05, 4.69) is 37.3 Å². The average molecular weight is 220 g/mol. The van der Waals surface area contributed by atoms with Crippen LogP contribution in [0.2, 0.25) is 0 Å². The number of hydrogen-bond acceptors (Lipinski definition) is 3. The summed E-state index contributed by atoms with van der Waals surface area (Å²) in [6.45, 7) is 3.84. The maximum Gasteiger partial charge on any atom is 0.102 e. The third-order valence-electron chi connectivity index (χ3n) is 2.17. The van der Waals surface area contributed by atoms with Crippen molar-refractivity contribution in [3.8, 4) is 6.07 Å². The van der Waals surface area contributed by atoms with Crippen molar-refractivity contribution in [2.75, 3.05) is 5.75 Å². The molecule has 1 aromatic rings. The largest absolute Gasteiger partial charge is 0.314 e. The summed E-state index contributed by atoms with van der Waals surface area (Å²) in [4.78, 5) is 1.23. The molecular formula is C12H16N2S. The molecule has 0 bridgehead atoms. The van der Waals surface area contributed by atoms with Gasteiger partial charge in [-0.2, -0.15) is 5.26 Å². The van der Waals surface area contributed by atoms with Crippen molar-refractivity contribution >= 4 is 11.8 Å². The summed E-state index contributed by atoms with van der Waals surface area (Å²) in [6.07, 6.45) is 0.710. The van der Waals surface area contributed by atoms with Crippen LogP contribution >= 0.6 is 11.8 Å². The number of nitrogens with zero attached hydrogens (tertiary/aromatic N) is 1. The molecule has 0 radical (unpaired) electrons. The van der Waals surface area contributed by atoms with Gasteiger partial charge in [-0.3, -0.25) is 0 Å². The topological polar surface area (TPSA) is 49.8 Å². The van der Waals surface area contributed by atoms with Gasteiger partial charge in [0.05, 0.1) is 6.07 Å². The van der Waals surface area contributed by atoms with Gasteiger partial charge in [-0.15, -0.1) is 11.8 Å². The number of thioether (sulfide) groups is 1. The van der Waals surface area contributed by atoms with Crippen LogP contribution in [0.3, 0.4) is 0 Å². The van der Waals surface area contributed by atoms with E-state index in [1.54, 1.807) is 18.7 Å². The molecule has 3 heteroatoms. The van der Waals surface area contributed by atoms with E-state index in [1.807, 2.05) is 0 Å². The zero-order valence-electron chi connectivity index (χ0n) is 9.16. The van der Waals surface area contributed by atoms with E-state index >= 15 is 0 Å². The van der Waals surface area contributed by atoms with Crippen molar-refractivity contribution in [2.45, 2.75) is 30.7 Å². The van der Waals surface area contributed by atoms with Gasteiger partial charge in [0, 0.05) is 10.6 Å². The molecule has 0 saturated heterocycles. The standard InChI is InChI=1S/C12H16N2S/c1-10-3-5-11(6-4-10)15-8-7-12(2,14)9-13/h3-6H,7-8,14H2,1-2H3. The molecule has 2 N–H and O–H groups in total. The van der Waals surface area contributed by atoms with Gasteiger partial charge in [0.15, 0.2) is 0 Å². The van der Waals surface area contributed by atoms with Crippen LogP contribution in [0.4, 0.5) is 0 Å². The lowest BCUT2D eigenvalue weighted by atomic mass is 10.0. The van der Waals surface area contributed by atoms with Crippen molar-refractivity contribution in [3.63, 3.8) is 0 Å². The molecule has 2 nitrogen and oxygen atoms in total. The quantitative estimate of drug-likeness (QED) is 0.794. The molecule has 0 spiro atoms. The molecule has 1 atom stereocenters. The van der Waals surface area contributed by atoms with E-state index in [-0.39, 0.29) is 0 Å². The van der Waals surface area contributed by atoms with Gasteiger partial charge in [0.25, 0.3) is 0 Å². The minimum atomic E-state index is -0.697. The van der Waals surface area contributed by atoms with Crippen LogP contribution in [-0.2, 0) is 0 Å². The molecular weight excluding hydrogens is 204 g/mol. The van der Waals surface area contributed by atoms with Gasteiger partial charge in [-0.05, 0) is 32.4 Å². The summed E-state index contributed by atoms with van der Waals surface area (Å²) < 4.78 is 0. The van der Waals surface area contributed by atoms with Gasteiger partial charge < -0.3 is 5.73 Å². The SMILES string of the molecule is Cc1ccc(SCCC(C)(N)C#N)cc1. The van der Waals surface area contributed by atoms with Crippen molar-refractivity contribution in [1.82, 2.24) is 0 Å². The van der Waals surface area contributed by atoms with Gasteiger partial charge in [0.2, 0.25) is 0 Å². The summed E-state index contributed by atoms with van der Waals surface area (Å²) in [5.41, 5.74) is 6.30. The van der Waals surface area contributed by atoms with Crippen LogP contribution in [0.25, 0.3) is 0 Å². The average Bonchev–Trinajstić information content (AvgIpc) is 2.21. The highest BCUT2D eigenvalue weighted by Gasteiger charge is 2.16. The zero-order chi connectivity index (χ0) is 11.3. The number of hydrogen-bond donors (Lipinski definition) is 1. The molecule has 0 heterocycles. The Morgan fingerprint density at radius 1 is 1.40 bits per heavy atom. The molecule has 0 amide bonds. The van der Waals surface area contributed by atoms with E-state index in [1.165, 1.54) is 10.5 Å². The molecule has 1 rings (SSSR count). The molecule has 0 aliphatic rings. The van der Waals surface area contributed by atoms with Crippen LogP contribution in [0, 0.1) is 18.3 Å². The molecule has 0 saturated carbocycles. The fourth-order valence-electron chi connectivity index (χ4n) is 1.07. The molecule has 80 valence electrons. The summed E-state index contributed by atoms with van der Waals surface area (Å²) >= 11 is 1.74. The first-order valence-electron chi connectivity index (χ1n) is 4.93. The Hall–Kier alpha value is -0.980. The van der Waals surface area contributed by atoms with Crippen LogP contribution in [0.15, 0.2) is 29.2 Å². The third-order valence-corrected chi connectivity index (χ3v) is 3.18. The van der Waals surface area contributed by atoms with E-state index in [4.69, 9.17) is 11.0 Å². The molecule has 15 heavy (non-hydrogen) atoms. The lowest BCUT2D eigenvalue weighted by Gasteiger charge is -2.14. The summed E-state index contributed by atoms with van der Waals surface area (Å²) in [5.74, 6) is 0.879. The number of nitrogens with two attached hydrogens (primary N) is 1. The first-order chi connectivity index (χ1) is 7.03. The Bertz CT molecular complexity index is 349. The van der Waals surface area contributed by atoms with Crippen LogP contribution in [0.1, 0.15) is 18.9 Å². The molecule has 0 fully saturated rings. The number of aryl methyl sites for hydroxylation is 1. The highest BCUT2D eigenvalue weighted by Crippen LogP contribution is 2.21. The Morgan fingerprint density at radius 3 is 2.53 bits per heavy atom. The predicted molar refractivity (Wildman–Crippen MR) is 64.7 cm³/mol. The highest BCUT2D eigenvalue weighted by atomic mass is 32.2. The monoisotopic (exact) mass is 220 g/mol. The Kier molecular flexibility index (Phi) is 4.19. The Labute approximate surface area is 95.5 Å². The fourth-order valence-corrected chi connectivity index (χ4v) is 2.16. The van der Waals surface area contributed by atoms with Crippen molar-refractivity contribution in [3.05, 3.63) is 29.8 Å². The normalized spacial score (nSPS) is 14.3. The molecule has 1 aromatic carbocycles. The number of nitriles is 1. The lowest BCUT2D eigenvalue weighted by Crippen LogP contribution is -2.34. The van der Waals surface area contributed by atoms with Crippen molar-refractivity contribution in [2.24, 2.45) is 5.73 Å². The number of rotatable bonds is 4. The summed E-state index contributed by atoms with van der Waals surface area (Å²) in [6, 6.07) is 10.5. The van der Waals surface area contributed by atoms with Crippen LogP contribution < -0.4 is 5.73 Å². The molecule has 0 aromatic heterocycles. The van der Waals surface area contributed by atoms with Crippen LogP contribution in [0.5, 0.6) is 0 Å². The van der Waals surface area contributed by atoms with Crippen molar-refractivity contribution in [1.29, 1.82) is 5.26 Å². The molecule has 0 aliphatic carbocycles. The maximum absolute atomic E-state index is 8.74. The van der Waals surface area contributed by atoms with Crippen LogP contribution in [-0.4, -0.2) is 11.3 Å². The lowest BCUT2D eigenvalue weighted by molar-refractivity contribution is 0.583. The van der Waals surface area contributed by atoms with E-state index in [0.717, 1.165) is 5.75 Å². The fraction of sp³-hybridized carbons (Fsp3) is 0.417.